The van der Waals surface area contributed by atoms with Crippen LogP contribution in [-0.2, 0) is 4.74 Å². The van der Waals surface area contributed by atoms with Gasteiger partial charge in [0.15, 0.2) is 5.17 Å². The van der Waals surface area contributed by atoms with E-state index in [0.717, 1.165) is 5.17 Å². The smallest absolute Gasteiger partial charge is 0.410 e. The second-order valence-electron chi connectivity index (χ2n) is 6.30. The van der Waals surface area contributed by atoms with E-state index in [-0.39, 0.29) is 18.2 Å². The number of rotatable bonds is 1. The Bertz CT molecular complexity index is 390. The number of nitrogens with zero attached hydrogens (tertiary/aromatic N) is 2. The fraction of sp³-hybridized carbons (Fsp3) is 0.846. The lowest BCUT2D eigenvalue weighted by Gasteiger charge is -2.24. The van der Waals surface area contributed by atoms with Crippen LogP contribution < -0.4 is 5.32 Å². The monoisotopic (exact) mass is 285 g/mol. The normalized spacial score (nSPS) is 26.2. The zero-order chi connectivity index (χ0) is 14.2. The Morgan fingerprint density at radius 1 is 1.47 bits per heavy atom. The number of amides is 1. The number of carbonyl (C=O) groups is 1. The van der Waals surface area contributed by atoms with Crippen molar-refractivity contribution >= 4 is 23.0 Å². The summed E-state index contributed by atoms with van der Waals surface area (Å²) in [6.45, 7) is 11.3. The Balaban J connectivity index is 1.89. The molecular weight excluding hydrogens is 262 g/mol. The molecule has 0 aliphatic carbocycles. The highest BCUT2D eigenvalue weighted by Gasteiger charge is 2.40. The molecule has 1 amide bonds. The summed E-state index contributed by atoms with van der Waals surface area (Å²) >= 11 is 1.74. The molecule has 0 saturated carbocycles. The fourth-order valence-electron chi connectivity index (χ4n) is 2.17. The third-order valence-electron chi connectivity index (χ3n) is 2.88. The van der Waals surface area contributed by atoms with Gasteiger partial charge in [-0.25, -0.2) is 4.79 Å². The predicted molar refractivity (Wildman–Crippen MR) is 78.7 cm³/mol. The summed E-state index contributed by atoms with van der Waals surface area (Å²) in [5.74, 6) is 0. The maximum atomic E-state index is 12.0. The molecule has 1 saturated heterocycles. The van der Waals surface area contributed by atoms with Crippen LogP contribution in [-0.4, -0.2) is 52.2 Å². The van der Waals surface area contributed by atoms with E-state index < -0.39 is 5.60 Å². The molecule has 0 radical (unpaired) electrons. The second kappa shape index (κ2) is 5.23. The zero-order valence-corrected chi connectivity index (χ0v) is 13.1. The molecule has 0 bridgehead atoms. The van der Waals surface area contributed by atoms with Gasteiger partial charge >= 0.3 is 6.09 Å². The SMILES string of the molecule is CC(C)SC1=NC2CN(C(=O)OC(C)(C)C)CC2N1. The van der Waals surface area contributed by atoms with E-state index in [9.17, 15) is 4.79 Å². The standard InChI is InChI=1S/C13H23N3O2S/c1-8(2)19-11-14-9-6-16(7-10(9)15-11)12(17)18-13(3,4)5/h8-10H,6-7H2,1-5H3,(H,14,15). The summed E-state index contributed by atoms with van der Waals surface area (Å²) in [4.78, 5) is 18.4. The topological polar surface area (TPSA) is 53.9 Å². The highest BCUT2D eigenvalue weighted by atomic mass is 32.2. The Kier molecular flexibility index (Phi) is 3.99. The van der Waals surface area contributed by atoms with Gasteiger partial charge in [0.05, 0.1) is 12.1 Å². The number of amidine groups is 1. The predicted octanol–water partition coefficient (Wildman–Crippen LogP) is 2.08. The number of thioether (sulfide) groups is 1. The van der Waals surface area contributed by atoms with Crippen LogP contribution in [0.5, 0.6) is 0 Å². The molecule has 6 heteroatoms. The van der Waals surface area contributed by atoms with Crippen LogP contribution in [0.4, 0.5) is 4.79 Å². The number of carbonyl (C=O) groups excluding carboxylic acids is 1. The van der Waals surface area contributed by atoms with Gasteiger partial charge in [0.2, 0.25) is 0 Å². The van der Waals surface area contributed by atoms with E-state index in [1.165, 1.54) is 0 Å². The van der Waals surface area contributed by atoms with Crippen LogP contribution in [0.3, 0.4) is 0 Å². The summed E-state index contributed by atoms with van der Waals surface area (Å²) < 4.78 is 5.38. The van der Waals surface area contributed by atoms with Gasteiger partial charge in [0, 0.05) is 18.3 Å². The molecule has 0 aromatic heterocycles. The number of fused-ring (bicyclic) bond motifs is 1. The lowest BCUT2D eigenvalue weighted by Crippen LogP contribution is -2.39. The summed E-state index contributed by atoms with van der Waals surface area (Å²) in [7, 11) is 0. The largest absolute Gasteiger partial charge is 0.444 e. The van der Waals surface area contributed by atoms with Gasteiger partial charge in [-0.15, -0.1) is 0 Å². The average Bonchev–Trinajstić information content (AvgIpc) is 2.70. The number of hydrogen-bond donors (Lipinski definition) is 1. The molecule has 1 fully saturated rings. The van der Waals surface area contributed by atoms with Crippen LogP contribution in [0.2, 0.25) is 0 Å². The van der Waals surface area contributed by atoms with Gasteiger partial charge in [0.1, 0.15) is 5.60 Å². The molecule has 2 atom stereocenters. The molecular formula is C13H23N3O2S. The first-order chi connectivity index (χ1) is 8.74. The molecule has 5 nitrogen and oxygen atoms in total. The van der Waals surface area contributed by atoms with Crippen molar-refractivity contribution < 1.29 is 9.53 Å². The Hall–Kier alpha value is -0.910. The fourth-order valence-corrected chi connectivity index (χ4v) is 3.03. The van der Waals surface area contributed by atoms with Gasteiger partial charge in [0.25, 0.3) is 0 Å². The number of nitrogens with one attached hydrogen (secondary N) is 1. The molecule has 2 aliphatic heterocycles. The Morgan fingerprint density at radius 2 is 2.16 bits per heavy atom. The highest BCUT2D eigenvalue weighted by molar-refractivity contribution is 8.14. The Labute approximate surface area is 119 Å². The van der Waals surface area contributed by atoms with E-state index in [4.69, 9.17) is 4.74 Å². The lowest BCUT2D eigenvalue weighted by atomic mass is 10.2. The minimum atomic E-state index is -0.440. The molecule has 1 N–H and O–H groups in total. The van der Waals surface area contributed by atoms with Crippen LogP contribution in [0.1, 0.15) is 34.6 Å². The molecule has 0 aromatic carbocycles. The third kappa shape index (κ3) is 3.78. The first-order valence-electron chi connectivity index (χ1n) is 6.73. The Morgan fingerprint density at radius 3 is 2.68 bits per heavy atom. The van der Waals surface area contributed by atoms with Gasteiger partial charge < -0.3 is 15.0 Å². The molecule has 2 unspecified atom stereocenters. The molecule has 0 aromatic rings. The van der Waals surface area contributed by atoms with Crippen molar-refractivity contribution in [1.29, 1.82) is 0 Å². The number of likely N-dealkylation sites (tertiary alicyclic amines) is 1. The van der Waals surface area contributed by atoms with Crippen LogP contribution in [0.15, 0.2) is 4.99 Å². The van der Waals surface area contributed by atoms with Crippen molar-refractivity contribution in [3.63, 3.8) is 0 Å². The van der Waals surface area contributed by atoms with Gasteiger partial charge in [-0.2, -0.15) is 0 Å². The summed E-state index contributed by atoms with van der Waals surface area (Å²) in [6.07, 6.45) is -0.239. The molecule has 0 spiro atoms. The van der Waals surface area contributed by atoms with Crippen molar-refractivity contribution in [3.05, 3.63) is 0 Å². The first kappa shape index (κ1) is 14.5. The van der Waals surface area contributed by atoms with Crippen molar-refractivity contribution in [2.24, 2.45) is 4.99 Å². The molecule has 2 heterocycles. The van der Waals surface area contributed by atoms with E-state index in [0.29, 0.717) is 18.3 Å². The highest BCUT2D eigenvalue weighted by Crippen LogP contribution is 2.24. The zero-order valence-electron chi connectivity index (χ0n) is 12.3. The minimum absolute atomic E-state index is 0.175. The van der Waals surface area contributed by atoms with E-state index >= 15 is 0 Å². The van der Waals surface area contributed by atoms with Gasteiger partial charge in [-0.05, 0) is 20.8 Å². The summed E-state index contributed by atoms with van der Waals surface area (Å²) in [5.41, 5.74) is -0.440. The van der Waals surface area contributed by atoms with Crippen LogP contribution in [0.25, 0.3) is 0 Å². The number of ether oxygens (including phenoxy) is 1. The van der Waals surface area contributed by atoms with E-state index in [2.05, 4.69) is 24.2 Å². The quantitative estimate of drug-likeness (QED) is 0.801. The number of hydrogen-bond acceptors (Lipinski definition) is 5. The minimum Gasteiger partial charge on any atom is -0.444 e. The summed E-state index contributed by atoms with van der Waals surface area (Å²) in [5, 5.41) is 4.92. The molecule has 108 valence electrons. The van der Waals surface area contributed by atoms with Gasteiger partial charge in [-0.3, -0.25) is 4.99 Å². The van der Waals surface area contributed by atoms with E-state index in [1.54, 1.807) is 16.7 Å². The van der Waals surface area contributed by atoms with E-state index in [1.807, 2.05) is 20.8 Å². The third-order valence-corrected chi connectivity index (χ3v) is 3.80. The first-order valence-corrected chi connectivity index (χ1v) is 7.61. The van der Waals surface area contributed by atoms with Crippen molar-refractivity contribution in [2.75, 3.05) is 13.1 Å². The maximum absolute atomic E-state index is 12.0. The molecule has 19 heavy (non-hydrogen) atoms. The number of aliphatic imine (C=N–C) groups is 1. The van der Waals surface area contributed by atoms with Crippen molar-refractivity contribution in [3.8, 4) is 0 Å². The van der Waals surface area contributed by atoms with Crippen LogP contribution in [0, 0.1) is 0 Å². The summed E-state index contributed by atoms with van der Waals surface area (Å²) in [6, 6.07) is 0.419. The van der Waals surface area contributed by atoms with Crippen molar-refractivity contribution in [2.45, 2.75) is 57.6 Å². The second-order valence-corrected chi connectivity index (χ2v) is 7.87. The van der Waals surface area contributed by atoms with Gasteiger partial charge in [-0.1, -0.05) is 25.6 Å². The van der Waals surface area contributed by atoms with Crippen LogP contribution >= 0.6 is 11.8 Å². The van der Waals surface area contributed by atoms with Crippen molar-refractivity contribution in [1.82, 2.24) is 10.2 Å². The average molecular weight is 285 g/mol. The lowest BCUT2D eigenvalue weighted by molar-refractivity contribution is 0.0289. The molecule has 2 rings (SSSR count). The molecule has 2 aliphatic rings. The maximum Gasteiger partial charge on any atom is 0.410 e.